The largest absolute Gasteiger partial charge is 0.380 e. The highest BCUT2D eigenvalue weighted by Crippen LogP contribution is 2.25. The number of benzene rings is 1. The molecule has 0 radical (unpaired) electrons. The number of thiazole rings is 1. The number of nitrogens with zero attached hydrogens (tertiary/aromatic N) is 3. The number of likely N-dealkylation sites (N-methyl/N-ethyl adjacent to an activating group) is 1. The van der Waals surface area contributed by atoms with Gasteiger partial charge in [-0.25, -0.2) is 4.98 Å². The van der Waals surface area contributed by atoms with E-state index in [0.29, 0.717) is 30.7 Å². The Hall–Kier alpha value is -2.04. The molecule has 0 saturated carbocycles. The highest BCUT2D eigenvalue weighted by atomic mass is 32.1. The van der Waals surface area contributed by atoms with E-state index in [-0.39, 0.29) is 12.2 Å². The summed E-state index contributed by atoms with van der Waals surface area (Å²) < 4.78 is 18.3. The number of carbonyl (C=O) groups is 1. The van der Waals surface area contributed by atoms with E-state index in [9.17, 15) is 4.79 Å². The molecule has 2 saturated heterocycles. The Morgan fingerprint density at radius 1 is 1.34 bits per heavy atom. The minimum absolute atomic E-state index is 0.0487. The van der Waals surface area contributed by atoms with E-state index >= 15 is 0 Å². The van der Waals surface area contributed by atoms with Gasteiger partial charge in [-0.05, 0) is 24.1 Å². The molecule has 5 rings (SSSR count). The van der Waals surface area contributed by atoms with Gasteiger partial charge in [-0.15, -0.1) is 0 Å². The Balaban J connectivity index is 1.31. The maximum absolute atomic E-state index is 12.8. The van der Waals surface area contributed by atoms with Gasteiger partial charge in [-0.1, -0.05) is 17.4 Å². The number of aromatic nitrogens is 2. The van der Waals surface area contributed by atoms with Crippen LogP contribution in [0.3, 0.4) is 0 Å². The average Bonchev–Trinajstić information content (AvgIpc) is 3.49. The highest BCUT2D eigenvalue weighted by molar-refractivity contribution is 7.18. The molecule has 3 aromatic rings. The first-order valence-electron chi connectivity index (χ1n) is 9.88. The molecule has 4 heterocycles. The first-order chi connectivity index (χ1) is 14.2. The molecule has 29 heavy (non-hydrogen) atoms. The summed E-state index contributed by atoms with van der Waals surface area (Å²) in [4.78, 5) is 20.6. The molecule has 1 N–H and O–H groups in total. The van der Waals surface area contributed by atoms with Crippen LogP contribution in [0.1, 0.15) is 21.7 Å². The van der Waals surface area contributed by atoms with Crippen molar-refractivity contribution in [1.29, 1.82) is 0 Å². The molecular weight excluding hydrogens is 392 g/mol. The monoisotopic (exact) mass is 416 g/mol. The van der Waals surface area contributed by atoms with Gasteiger partial charge in [0.25, 0.3) is 5.91 Å². The fraction of sp³-hybridized carbons (Fsp3) is 0.500. The standard InChI is InChI=1S/C20H24N4O4S/c1-23(11-18-27-6-7-28-18)19(25)17-10-24-16-3-2-13(8-15(16)22-20(24)29-17)9-21-14-4-5-26-12-14/h2-3,8,10,14,18,21H,4-7,9,11-12H2,1H3. The molecule has 0 spiro atoms. The zero-order chi connectivity index (χ0) is 19.8. The van der Waals surface area contributed by atoms with Crippen molar-refractivity contribution in [3.63, 3.8) is 0 Å². The van der Waals surface area contributed by atoms with Crippen LogP contribution in [0.15, 0.2) is 24.4 Å². The quantitative estimate of drug-likeness (QED) is 0.661. The number of rotatable bonds is 6. The van der Waals surface area contributed by atoms with Gasteiger partial charge < -0.3 is 24.4 Å². The van der Waals surface area contributed by atoms with Crippen molar-refractivity contribution in [2.24, 2.45) is 0 Å². The highest BCUT2D eigenvalue weighted by Gasteiger charge is 2.23. The van der Waals surface area contributed by atoms with Crippen molar-refractivity contribution in [2.45, 2.75) is 25.3 Å². The molecule has 1 aromatic carbocycles. The number of nitrogens with one attached hydrogen (secondary N) is 1. The number of imidazole rings is 1. The van der Waals surface area contributed by atoms with Crippen LogP contribution in [0.5, 0.6) is 0 Å². The van der Waals surface area contributed by atoms with Crippen LogP contribution in [-0.4, -0.2) is 72.5 Å². The molecule has 154 valence electrons. The van der Waals surface area contributed by atoms with Crippen LogP contribution in [-0.2, 0) is 20.8 Å². The number of ether oxygens (including phenoxy) is 3. The number of hydrogen-bond acceptors (Lipinski definition) is 7. The van der Waals surface area contributed by atoms with Crippen LogP contribution in [0.2, 0.25) is 0 Å². The third-order valence-corrected chi connectivity index (χ3v) is 6.34. The second kappa shape index (κ2) is 8.00. The minimum atomic E-state index is -0.336. The summed E-state index contributed by atoms with van der Waals surface area (Å²) in [7, 11) is 1.77. The Morgan fingerprint density at radius 2 is 2.21 bits per heavy atom. The van der Waals surface area contributed by atoms with Gasteiger partial charge in [0.2, 0.25) is 0 Å². The topological polar surface area (TPSA) is 77.3 Å². The fourth-order valence-corrected chi connectivity index (χ4v) is 4.73. The summed E-state index contributed by atoms with van der Waals surface area (Å²) >= 11 is 1.40. The molecule has 2 aromatic heterocycles. The van der Waals surface area contributed by atoms with Crippen LogP contribution in [0.25, 0.3) is 16.0 Å². The Bertz CT molecular complexity index is 1020. The summed E-state index contributed by atoms with van der Waals surface area (Å²) in [6.45, 7) is 4.00. The maximum Gasteiger partial charge on any atom is 0.265 e. The molecule has 9 heteroatoms. The lowest BCUT2D eigenvalue weighted by atomic mass is 10.2. The SMILES string of the molecule is CN(CC1OCCO1)C(=O)c1cn2c(nc3cc(CNC4CCOC4)ccc32)s1. The maximum atomic E-state index is 12.8. The predicted octanol–water partition coefficient (Wildman–Crippen LogP) is 1.87. The number of carbonyl (C=O) groups excluding carboxylic acids is 1. The predicted molar refractivity (Wildman–Crippen MR) is 109 cm³/mol. The van der Waals surface area contributed by atoms with E-state index in [1.54, 1.807) is 11.9 Å². The van der Waals surface area contributed by atoms with Crippen molar-refractivity contribution >= 4 is 33.2 Å². The van der Waals surface area contributed by atoms with E-state index in [1.807, 2.05) is 10.6 Å². The van der Waals surface area contributed by atoms with Gasteiger partial charge in [0.1, 0.15) is 4.88 Å². The number of amides is 1. The van der Waals surface area contributed by atoms with E-state index in [1.165, 1.54) is 16.9 Å². The lowest BCUT2D eigenvalue weighted by Crippen LogP contribution is -2.34. The molecule has 8 nitrogen and oxygen atoms in total. The second-order valence-electron chi connectivity index (χ2n) is 7.48. The molecule has 2 fully saturated rings. The van der Waals surface area contributed by atoms with E-state index in [4.69, 9.17) is 19.2 Å². The zero-order valence-electron chi connectivity index (χ0n) is 16.3. The van der Waals surface area contributed by atoms with Crippen LogP contribution < -0.4 is 5.32 Å². The molecule has 0 aliphatic carbocycles. The van der Waals surface area contributed by atoms with Crippen molar-refractivity contribution < 1.29 is 19.0 Å². The molecule has 1 atom stereocenters. The zero-order valence-corrected chi connectivity index (χ0v) is 17.1. The molecule has 0 bridgehead atoms. The summed E-state index contributed by atoms with van der Waals surface area (Å²) in [5, 5.41) is 3.53. The number of hydrogen-bond donors (Lipinski definition) is 1. The fourth-order valence-electron chi connectivity index (χ4n) is 3.73. The lowest BCUT2D eigenvalue weighted by molar-refractivity contribution is -0.0542. The van der Waals surface area contributed by atoms with E-state index in [0.717, 1.165) is 42.2 Å². The Morgan fingerprint density at radius 3 is 3.00 bits per heavy atom. The first-order valence-corrected chi connectivity index (χ1v) is 10.7. The summed E-state index contributed by atoms with van der Waals surface area (Å²) in [6, 6.07) is 6.73. The summed E-state index contributed by atoms with van der Waals surface area (Å²) in [5.41, 5.74) is 3.15. The van der Waals surface area contributed by atoms with Gasteiger partial charge in [0.15, 0.2) is 11.3 Å². The molecule has 2 aliphatic heterocycles. The molecule has 1 amide bonds. The Labute approximate surface area is 172 Å². The van der Waals surface area contributed by atoms with Crippen molar-refractivity contribution in [1.82, 2.24) is 19.6 Å². The van der Waals surface area contributed by atoms with Crippen LogP contribution in [0.4, 0.5) is 0 Å². The summed E-state index contributed by atoms with van der Waals surface area (Å²) in [6.07, 6.45) is 2.60. The van der Waals surface area contributed by atoms with Gasteiger partial charge >= 0.3 is 0 Å². The van der Waals surface area contributed by atoms with Crippen LogP contribution >= 0.6 is 11.3 Å². The molecule has 2 aliphatic rings. The average molecular weight is 417 g/mol. The third-order valence-electron chi connectivity index (χ3n) is 5.36. The van der Waals surface area contributed by atoms with Crippen molar-refractivity contribution in [3.05, 3.63) is 34.8 Å². The minimum Gasteiger partial charge on any atom is -0.380 e. The van der Waals surface area contributed by atoms with E-state index in [2.05, 4.69) is 23.5 Å². The van der Waals surface area contributed by atoms with E-state index < -0.39 is 0 Å². The van der Waals surface area contributed by atoms with Gasteiger partial charge in [0, 0.05) is 32.4 Å². The summed E-state index contributed by atoms with van der Waals surface area (Å²) in [5.74, 6) is -0.0487. The number of fused-ring (bicyclic) bond motifs is 3. The van der Waals surface area contributed by atoms with Crippen LogP contribution in [0, 0.1) is 0 Å². The second-order valence-corrected chi connectivity index (χ2v) is 8.49. The first kappa shape index (κ1) is 19.0. The normalized spacial score (nSPS) is 20.2. The lowest BCUT2D eigenvalue weighted by Gasteiger charge is -2.19. The molecular formula is C20H24N4O4S. The smallest absolute Gasteiger partial charge is 0.265 e. The van der Waals surface area contributed by atoms with Gasteiger partial charge in [0.05, 0.1) is 37.4 Å². The van der Waals surface area contributed by atoms with Gasteiger partial charge in [-0.3, -0.25) is 9.20 Å². The molecule has 1 unspecified atom stereocenters. The van der Waals surface area contributed by atoms with Crippen molar-refractivity contribution in [3.8, 4) is 0 Å². The third kappa shape index (κ3) is 3.88. The van der Waals surface area contributed by atoms with Gasteiger partial charge in [-0.2, -0.15) is 0 Å². The Kier molecular flexibility index (Phi) is 5.23. The van der Waals surface area contributed by atoms with Crippen molar-refractivity contribution in [2.75, 3.05) is 40.0 Å².